The lowest BCUT2D eigenvalue weighted by Crippen LogP contribution is -2.10. The summed E-state index contributed by atoms with van der Waals surface area (Å²) in [4.78, 5) is 4.63. The van der Waals surface area contributed by atoms with Crippen LogP contribution in [-0.4, -0.2) is 10.1 Å². The molecule has 0 spiro atoms. The van der Waals surface area contributed by atoms with Gasteiger partial charge in [0.25, 0.3) is 0 Å². The Balaban J connectivity index is 1.87. The summed E-state index contributed by atoms with van der Waals surface area (Å²) in [5.41, 5.74) is 2.83. The highest BCUT2D eigenvalue weighted by molar-refractivity contribution is 7.19. The highest BCUT2D eigenvalue weighted by atomic mass is 32.1. The van der Waals surface area contributed by atoms with Crippen molar-refractivity contribution in [1.29, 1.82) is 0 Å². The summed E-state index contributed by atoms with van der Waals surface area (Å²) in [6, 6.07) is 8.07. The molecule has 2 aromatic rings. The number of rotatable bonds is 1. The second-order valence-corrected chi connectivity index (χ2v) is 6.03. The molecule has 2 aliphatic rings. The summed E-state index contributed by atoms with van der Waals surface area (Å²) in [6.07, 6.45) is 11.3. The van der Waals surface area contributed by atoms with Crippen LogP contribution in [0.4, 0.5) is 0 Å². The number of hydrogen-bond acceptors (Lipinski definition) is 3. The molecule has 4 rings (SSSR count). The summed E-state index contributed by atoms with van der Waals surface area (Å²) >= 11 is 1.62. The van der Waals surface area contributed by atoms with Crippen molar-refractivity contribution in [2.24, 2.45) is 5.92 Å². The van der Waals surface area contributed by atoms with E-state index in [4.69, 9.17) is 0 Å². The molecule has 0 radical (unpaired) electrons. The van der Waals surface area contributed by atoms with Gasteiger partial charge in [-0.05, 0) is 18.6 Å². The van der Waals surface area contributed by atoms with E-state index in [-0.39, 0.29) is 0 Å². The third kappa shape index (κ3) is 1.74. The molecule has 2 nitrogen and oxygen atoms in total. The molecule has 1 aromatic carbocycles. The summed E-state index contributed by atoms with van der Waals surface area (Å²) in [6.45, 7) is 0. The second kappa shape index (κ2) is 4.46. The number of aromatic nitrogens is 1. The van der Waals surface area contributed by atoms with E-state index in [1.165, 1.54) is 0 Å². The Hall–Kier alpha value is -2.13. The van der Waals surface area contributed by atoms with Crippen molar-refractivity contribution in [3.8, 4) is 0 Å². The van der Waals surface area contributed by atoms with E-state index in [9.17, 15) is 5.11 Å². The maximum Gasteiger partial charge on any atom is 0.129 e. The van der Waals surface area contributed by atoms with Crippen LogP contribution < -0.4 is 0 Å². The van der Waals surface area contributed by atoms with Crippen LogP contribution in [-0.2, 0) is 0 Å². The molecule has 1 unspecified atom stereocenters. The number of aliphatic hydroxyl groups is 1. The fourth-order valence-corrected chi connectivity index (χ4v) is 3.68. The van der Waals surface area contributed by atoms with E-state index in [1.54, 1.807) is 11.3 Å². The van der Waals surface area contributed by atoms with Crippen molar-refractivity contribution in [3.05, 3.63) is 71.0 Å². The molecule has 0 saturated carbocycles. The Bertz CT molecular complexity index is 774. The molecule has 0 amide bonds. The predicted molar refractivity (Wildman–Crippen MR) is 83.6 cm³/mol. The van der Waals surface area contributed by atoms with Crippen molar-refractivity contribution >= 4 is 27.1 Å². The van der Waals surface area contributed by atoms with E-state index in [2.05, 4.69) is 23.2 Å². The zero-order valence-electron chi connectivity index (χ0n) is 10.8. The number of thiazole rings is 1. The van der Waals surface area contributed by atoms with Crippen molar-refractivity contribution in [3.63, 3.8) is 0 Å². The van der Waals surface area contributed by atoms with Crippen molar-refractivity contribution < 1.29 is 5.11 Å². The summed E-state index contributed by atoms with van der Waals surface area (Å²) in [5, 5.41) is 11.4. The highest BCUT2D eigenvalue weighted by Gasteiger charge is 2.24. The molecule has 98 valence electrons. The first-order valence-corrected chi connectivity index (χ1v) is 7.49. The normalized spacial score (nSPS) is 21.2. The van der Waals surface area contributed by atoms with E-state index in [1.807, 2.05) is 36.4 Å². The van der Waals surface area contributed by atoms with Gasteiger partial charge in [0.1, 0.15) is 10.8 Å². The van der Waals surface area contributed by atoms with Crippen molar-refractivity contribution in [2.75, 3.05) is 0 Å². The Morgan fingerprint density at radius 3 is 3.05 bits per heavy atom. The lowest BCUT2D eigenvalue weighted by atomic mass is 9.84. The number of aliphatic hydroxyl groups excluding tert-OH is 1. The van der Waals surface area contributed by atoms with Crippen LogP contribution >= 0.6 is 11.3 Å². The predicted octanol–water partition coefficient (Wildman–Crippen LogP) is 4.64. The minimum absolute atomic E-state index is 0.304. The van der Waals surface area contributed by atoms with Crippen LogP contribution in [0, 0.1) is 5.92 Å². The third-order valence-corrected chi connectivity index (χ3v) is 4.82. The minimum Gasteiger partial charge on any atom is -0.507 e. The van der Waals surface area contributed by atoms with E-state index in [0.29, 0.717) is 11.7 Å². The monoisotopic (exact) mass is 279 g/mol. The maximum absolute atomic E-state index is 10.5. The topological polar surface area (TPSA) is 33.1 Å². The number of benzene rings is 1. The van der Waals surface area contributed by atoms with Gasteiger partial charge in [-0.25, -0.2) is 4.98 Å². The Labute approximate surface area is 121 Å². The van der Waals surface area contributed by atoms with E-state index >= 15 is 0 Å². The van der Waals surface area contributed by atoms with Crippen LogP contribution in [0.1, 0.15) is 11.4 Å². The first kappa shape index (κ1) is 11.7. The molecule has 3 heteroatoms. The molecule has 0 bridgehead atoms. The van der Waals surface area contributed by atoms with Gasteiger partial charge < -0.3 is 5.11 Å². The lowest BCUT2D eigenvalue weighted by Gasteiger charge is -2.22. The van der Waals surface area contributed by atoms with Gasteiger partial charge in [0.2, 0.25) is 0 Å². The van der Waals surface area contributed by atoms with Gasteiger partial charge in [0.15, 0.2) is 0 Å². The number of para-hydroxylation sites is 1. The number of hydrogen-bond donors (Lipinski definition) is 1. The first-order valence-electron chi connectivity index (χ1n) is 6.67. The van der Waals surface area contributed by atoms with Crippen LogP contribution in [0.2, 0.25) is 0 Å². The molecule has 0 fully saturated rings. The van der Waals surface area contributed by atoms with Gasteiger partial charge in [0.05, 0.1) is 15.8 Å². The SMILES string of the molecule is OC1=C(c2nc3ccccc3s2)C=CC2CC=CC=C12. The lowest BCUT2D eigenvalue weighted by molar-refractivity contribution is 0.412. The molecular formula is C17H13NOS. The van der Waals surface area contributed by atoms with Gasteiger partial charge in [-0.15, -0.1) is 11.3 Å². The van der Waals surface area contributed by atoms with Gasteiger partial charge in [0, 0.05) is 11.5 Å². The average molecular weight is 279 g/mol. The van der Waals surface area contributed by atoms with Crippen LogP contribution in [0.5, 0.6) is 0 Å². The summed E-state index contributed by atoms with van der Waals surface area (Å²) in [5.74, 6) is 0.680. The van der Waals surface area contributed by atoms with Crippen LogP contribution in [0.3, 0.4) is 0 Å². The van der Waals surface area contributed by atoms with Gasteiger partial charge in [-0.3, -0.25) is 0 Å². The van der Waals surface area contributed by atoms with Crippen molar-refractivity contribution in [2.45, 2.75) is 6.42 Å². The van der Waals surface area contributed by atoms with Gasteiger partial charge in [-0.1, -0.05) is 42.5 Å². The molecule has 1 atom stereocenters. The third-order valence-electron chi connectivity index (χ3n) is 3.75. The number of fused-ring (bicyclic) bond motifs is 2. The quantitative estimate of drug-likeness (QED) is 0.825. The fourth-order valence-electron chi connectivity index (χ4n) is 2.69. The second-order valence-electron chi connectivity index (χ2n) is 5.00. The minimum atomic E-state index is 0.304. The molecular weight excluding hydrogens is 266 g/mol. The molecule has 0 saturated heterocycles. The largest absolute Gasteiger partial charge is 0.507 e. The number of nitrogens with zero attached hydrogens (tertiary/aromatic N) is 1. The Morgan fingerprint density at radius 2 is 2.15 bits per heavy atom. The zero-order chi connectivity index (χ0) is 13.5. The average Bonchev–Trinajstić information content (AvgIpc) is 2.91. The smallest absolute Gasteiger partial charge is 0.129 e. The molecule has 2 aliphatic carbocycles. The molecule has 0 aliphatic heterocycles. The molecule has 1 N–H and O–H groups in total. The maximum atomic E-state index is 10.5. The van der Waals surface area contributed by atoms with E-state index in [0.717, 1.165) is 32.8 Å². The standard InChI is InChI=1S/C17H13NOS/c19-16-12-6-2-1-5-11(12)9-10-13(16)17-18-14-7-3-4-8-15(14)20-17/h1-4,6-11,19H,5H2. The van der Waals surface area contributed by atoms with Crippen molar-refractivity contribution in [1.82, 2.24) is 4.98 Å². The van der Waals surface area contributed by atoms with E-state index < -0.39 is 0 Å². The summed E-state index contributed by atoms with van der Waals surface area (Å²) in [7, 11) is 0. The van der Waals surface area contributed by atoms with Gasteiger partial charge >= 0.3 is 0 Å². The first-order chi connectivity index (χ1) is 9.83. The number of allylic oxidation sites excluding steroid dienone is 7. The van der Waals surface area contributed by atoms with Crippen LogP contribution in [0.25, 0.3) is 15.8 Å². The Morgan fingerprint density at radius 1 is 1.25 bits per heavy atom. The molecule has 20 heavy (non-hydrogen) atoms. The van der Waals surface area contributed by atoms with Crippen LogP contribution in [0.15, 0.2) is 66.0 Å². The van der Waals surface area contributed by atoms with Gasteiger partial charge in [-0.2, -0.15) is 0 Å². The molecule has 1 heterocycles. The fraction of sp³-hybridized carbons (Fsp3) is 0.118. The zero-order valence-corrected chi connectivity index (χ0v) is 11.6. The summed E-state index contributed by atoms with van der Waals surface area (Å²) < 4.78 is 1.15. The molecule has 1 aromatic heterocycles. The Kier molecular flexibility index (Phi) is 2.60. The highest BCUT2D eigenvalue weighted by Crippen LogP contribution is 2.38.